The van der Waals surface area contributed by atoms with Crippen molar-refractivity contribution in [1.29, 1.82) is 0 Å². The molecule has 0 fully saturated rings. The molecule has 0 saturated heterocycles. The van der Waals surface area contributed by atoms with Gasteiger partial charge in [0.1, 0.15) is 5.82 Å². The molecule has 154 valence electrons. The van der Waals surface area contributed by atoms with Crippen molar-refractivity contribution in [3.8, 4) is 22.5 Å². The quantitative estimate of drug-likeness (QED) is 0.468. The van der Waals surface area contributed by atoms with Gasteiger partial charge in [-0.25, -0.2) is 9.97 Å². The number of nitrogens with zero attached hydrogens (tertiary/aromatic N) is 4. The van der Waals surface area contributed by atoms with E-state index in [1.54, 1.807) is 0 Å². The van der Waals surface area contributed by atoms with E-state index in [0.717, 1.165) is 46.7 Å². The van der Waals surface area contributed by atoms with Crippen molar-refractivity contribution in [1.82, 2.24) is 24.7 Å². The van der Waals surface area contributed by atoms with E-state index in [9.17, 15) is 0 Å². The van der Waals surface area contributed by atoms with Crippen LogP contribution in [0, 0.1) is 6.92 Å². The van der Waals surface area contributed by atoms with Crippen LogP contribution in [0.1, 0.15) is 62.0 Å². The van der Waals surface area contributed by atoms with Crippen LogP contribution in [0.5, 0.6) is 0 Å². The first-order valence-electron chi connectivity index (χ1n) is 10.8. The van der Waals surface area contributed by atoms with Crippen LogP contribution in [-0.2, 0) is 6.42 Å². The molecule has 0 aliphatic heterocycles. The normalized spacial score (nSPS) is 16.8. The first-order valence-corrected chi connectivity index (χ1v) is 10.8. The van der Waals surface area contributed by atoms with Crippen LogP contribution in [-0.4, -0.2) is 24.7 Å². The van der Waals surface area contributed by atoms with Gasteiger partial charge in [-0.2, -0.15) is 5.10 Å². The maximum atomic E-state index is 6.40. The molecule has 1 aliphatic rings. The van der Waals surface area contributed by atoms with Gasteiger partial charge >= 0.3 is 0 Å². The highest BCUT2D eigenvalue weighted by Crippen LogP contribution is 2.34. The molecule has 6 nitrogen and oxygen atoms in total. The first-order chi connectivity index (χ1) is 14.5. The van der Waals surface area contributed by atoms with Crippen molar-refractivity contribution in [2.24, 2.45) is 5.73 Å². The molecule has 0 unspecified atom stereocenters. The fourth-order valence-electron chi connectivity index (χ4n) is 4.64. The van der Waals surface area contributed by atoms with Gasteiger partial charge in [0.25, 0.3) is 0 Å². The Labute approximate surface area is 176 Å². The third-order valence-corrected chi connectivity index (χ3v) is 6.25. The Kier molecular flexibility index (Phi) is 4.66. The fourth-order valence-corrected chi connectivity index (χ4v) is 4.64. The second-order valence-electron chi connectivity index (χ2n) is 8.59. The van der Waals surface area contributed by atoms with Gasteiger partial charge in [0.05, 0.1) is 17.3 Å². The summed E-state index contributed by atoms with van der Waals surface area (Å²) in [6.45, 7) is 6.35. The minimum atomic E-state index is 0.147. The molecule has 3 heterocycles. The summed E-state index contributed by atoms with van der Waals surface area (Å²) in [6.07, 6.45) is 8.27. The summed E-state index contributed by atoms with van der Waals surface area (Å²) in [5.74, 6) is 0.811. The molecular weight excluding hydrogens is 372 g/mol. The molecule has 6 heteroatoms. The summed E-state index contributed by atoms with van der Waals surface area (Å²) in [4.78, 5) is 12.8. The smallest absolute Gasteiger partial charge is 0.178 e. The molecule has 0 bridgehead atoms. The first kappa shape index (κ1) is 19.0. The highest BCUT2D eigenvalue weighted by molar-refractivity contribution is 5.91. The van der Waals surface area contributed by atoms with Gasteiger partial charge in [0.15, 0.2) is 5.65 Å². The van der Waals surface area contributed by atoms with E-state index >= 15 is 0 Å². The van der Waals surface area contributed by atoms with Crippen LogP contribution in [0.4, 0.5) is 0 Å². The van der Waals surface area contributed by atoms with Gasteiger partial charge in [-0.15, -0.1) is 0 Å². The van der Waals surface area contributed by atoms with E-state index in [-0.39, 0.29) is 6.04 Å². The standard InChI is InChI=1S/C24H28N6/c1-14(2)30-15(3)20(13-27-30)23-28-22-19(10-11-26-24(22)29-23)17-8-9-18-16(12-17)6-4-5-7-21(18)25/h8-14,21H,4-7,25H2,1-3H3,(H,26,28,29)/t21-/m1/s1. The molecule has 0 spiro atoms. The molecule has 0 saturated carbocycles. The van der Waals surface area contributed by atoms with Crippen LogP contribution < -0.4 is 5.73 Å². The molecule has 1 aliphatic carbocycles. The highest BCUT2D eigenvalue weighted by Gasteiger charge is 2.19. The molecule has 0 amide bonds. The Bertz CT molecular complexity index is 1220. The van der Waals surface area contributed by atoms with Gasteiger partial charge in [-0.05, 0) is 62.8 Å². The predicted octanol–water partition coefficient (Wildman–Crippen LogP) is 5.10. The number of fused-ring (bicyclic) bond motifs is 2. The largest absolute Gasteiger partial charge is 0.336 e. The number of aryl methyl sites for hydroxylation is 1. The highest BCUT2D eigenvalue weighted by atomic mass is 15.3. The number of benzene rings is 1. The minimum Gasteiger partial charge on any atom is -0.336 e. The van der Waals surface area contributed by atoms with Gasteiger partial charge in [0.2, 0.25) is 0 Å². The zero-order valence-corrected chi connectivity index (χ0v) is 17.8. The second kappa shape index (κ2) is 7.36. The summed E-state index contributed by atoms with van der Waals surface area (Å²) in [6, 6.07) is 9.21. The number of aromatic nitrogens is 5. The van der Waals surface area contributed by atoms with Crippen LogP contribution in [0.2, 0.25) is 0 Å². The minimum absolute atomic E-state index is 0.147. The maximum absolute atomic E-state index is 6.40. The summed E-state index contributed by atoms with van der Waals surface area (Å²) >= 11 is 0. The monoisotopic (exact) mass is 400 g/mol. The molecule has 30 heavy (non-hydrogen) atoms. The van der Waals surface area contributed by atoms with Crippen molar-refractivity contribution in [2.75, 3.05) is 0 Å². The van der Waals surface area contributed by atoms with E-state index < -0.39 is 0 Å². The van der Waals surface area contributed by atoms with Gasteiger partial charge in [-0.1, -0.05) is 24.6 Å². The predicted molar refractivity (Wildman–Crippen MR) is 120 cm³/mol. The lowest BCUT2D eigenvalue weighted by atomic mass is 9.94. The number of rotatable bonds is 3. The third-order valence-electron chi connectivity index (χ3n) is 6.25. The number of nitrogens with two attached hydrogens (primary N) is 1. The summed E-state index contributed by atoms with van der Waals surface area (Å²) < 4.78 is 2.02. The third kappa shape index (κ3) is 3.12. The van der Waals surface area contributed by atoms with Crippen LogP contribution in [0.3, 0.4) is 0 Å². The average molecular weight is 401 g/mol. The lowest BCUT2D eigenvalue weighted by Gasteiger charge is -2.14. The average Bonchev–Trinajstić information content (AvgIpc) is 3.28. The maximum Gasteiger partial charge on any atom is 0.178 e. The van der Waals surface area contributed by atoms with Crippen LogP contribution in [0.15, 0.2) is 36.7 Å². The Morgan fingerprint density at radius 1 is 1.17 bits per heavy atom. The van der Waals surface area contributed by atoms with E-state index in [1.165, 1.54) is 29.5 Å². The topological polar surface area (TPSA) is 85.4 Å². The Balaban J connectivity index is 1.61. The number of nitrogens with one attached hydrogen (secondary N) is 1. The van der Waals surface area contributed by atoms with Gasteiger partial charge < -0.3 is 10.7 Å². The molecule has 0 radical (unpaired) electrons. The Hall–Kier alpha value is -2.99. The summed E-state index contributed by atoms with van der Waals surface area (Å²) in [7, 11) is 0. The van der Waals surface area contributed by atoms with E-state index in [1.807, 2.05) is 17.1 Å². The van der Waals surface area contributed by atoms with Crippen molar-refractivity contribution in [3.05, 3.63) is 53.5 Å². The van der Waals surface area contributed by atoms with Crippen LogP contribution in [0.25, 0.3) is 33.7 Å². The molecule has 5 rings (SSSR count). The molecule has 1 atom stereocenters. The van der Waals surface area contributed by atoms with Crippen molar-refractivity contribution >= 4 is 11.2 Å². The number of pyridine rings is 1. The zero-order chi connectivity index (χ0) is 20.8. The van der Waals surface area contributed by atoms with Crippen molar-refractivity contribution in [2.45, 2.75) is 58.5 Å². The van der Waals surface area contributed by atoms with E-state index in [2.05, 4.69) is 60.1 Å². The summed E-state index contributed by atoms with van der Waals surface area (Å²) in [5.41, 5.74) is 15.2. The number of aromatic amines is 1. The number of hydrogen-bond donors (Lipinski definition) is 2. The molecule has 1 aromatic carbocycles. The fraction of sp³-hybridized carbons (Fsp3) is 0.375. The molecule has 4 aromatic rings. The summed E-state index contributed by atoms with van der Waals surface area (Å²) in [5, 5.41) is 4.53. The van der Waals surface area contributed by atoms with Gasteiger partial charge in [0, 0.05) is 29.5 Å². The lowest BCUT2D eigenvalue weighted by molar-refractivity contribution is 0.519. The second-order valence-corrected chi connectivity index (χ2v) is 8.59. The Morgan fingerprint density at radius 2 is 2.03 bits per heavy atom. The van der Waals surface area contributed by atoms with Crippen molar-refractivity contribution in [3.63, 3.8) is 0 Å². The Morgan fingerprint density at radius 3 is 2.83 bits per heavy atom. The lowest BCUT2D eigenvalue weighted by Crippen LogP contribution is -2.10. The van der Waals surface area contributed by atoms with Crippen molar-refractivity contribution < 1.29 is 0 Å². The molecule has 3 N–H and O–H groups in total. The zero-order valence-electron chi connectivity index (χ0n) is 17.8. The molecular formula is C24H28N6. The SMILES string of the molecule is Cc1c(-c2nc3nccc(-c4ccc5c(c4)CCCC[C@H]5N)c3[nH]2)cnn1C(C)C. The number of hydrogen-bond acceptors (Lipinski definition) is 4. The molecule has 3 aromatic heterocycles. The van der Waals surface area contributed by atoms with E-state index in [0.29, 0.717) is 6.04 Å². The number of H-pyrrole nitrogens is 1. The van der Waals surface area contributed by atoms with Gasteiger partial charge in [-0.3, -0.25) is 4.68 Å². The van der Waals surface area contributed by atoms with Crippen LogP contribution >= 0.6 is 0 Å². The number of imidazole rings is 1. The van der Waals surface area contributed by atoms with E-state index in [4.69, 9.17) is 10.7 Å².